The average Bonchev–Trinajstić information content (AvgIpc) is 3.03. The molecule has 7 heteroatoms. The fourth-order valence-corrected chi connectivity index (χ4v) is 3.18. The Morgan fingerprint density at radius 3 is 2.25 bits per heavy atom. The van der Waals surface area contributed by atoms with Gasteiger partial charge in [-0.25, -0.2) is 9.59 Å². The van der Waals surface area contributed by atoms with Crippen molar-refractivity contribution in [3.63, 3.8) is 0 Å². The lowest BCUT2D eigenvalue weighted by molar-refractivity contribution is -0.179. The lowest BCUT2D eigenvalue weighted by atomic mass is 9.90. The number of carbonyl (C=O) groups is 2. The minimum Gasteiger partial charge on any atom is -0.497 e. The highest BCUT2D eigenvalue weighted by Gasteiger charge is 2.63. The fraction of sp³-hybridized carbons (Fsp3) is 0.333. The van der Waals surface area contributed by atoms with E-state index in [1.165, 1.54) is 7.11 Å². The van der Waals surface area contributed by atoms with Crippen LogP contribution in [-0.2, 0) is 19.1 Å². The van der Waals surface area contributed by atoms with Gasteiger partial charge in [0.25, 0.3) is 0 Å². The third-order valence-corrected chi connectivity index (χ3v) is 4.45. The maximum atomic E-state index is 13.0. The topological polar surface area (TPSA) is 83.1 Å². The molecule has 1 aliphatic rings. The lowest BCUT2D eigenvalue weighted by Gasteiger charge is -2.30. The summed E-state index contributed by atoms with van der Waals surface area (Å²) in [7, 11) is 1.53. The summed E-state index contributed by atoms with van der Waals surface area (Å²) in [4.78, 5) is 26.0. The zero-order valence-corrected chi connectivity index (χ0v) is 16.1. The highest BCUT2D eigenvalue weighted by Crippen LogP contribution is 2.47. The first kappa shape index (κ1) is 19.5. The van der Waals surface area contributed by atoms with Crippen LogP contribution in [0.15, 0.2) is 48.5 Å². The number of hydrogen-bond donors (Lipinski definition) is 1. The number of esters is 2. The van der Waals surface area contributed by atoms with Crippen molar-refractivity contribution in [1.29, 1.82) is 0 Å². The Hall–Kier alpha value is -3.22. The zero-order valence-electron chi connectivity index (χ0n) is 16.1. The SMILES string of the molecule is CCOC(=O)C1(C(=O)OCC)Oc2cc(OC)ccc2C1Nc1ccccc1. The van der Waals surface area contributed by atoms with Gasteiger partial charge in [-0.3, -0.25) is 0 Å². The third-order valence-electron chi connectivity index (χ3n) is 4.45. The number of benzene rings is 2. The quantitative estimate of drug-likeness (QED) is 0.579. The van der Waals surface area contributed by atoms with Gasteiger partial charge in [0, 0.05) is 17.3 Å². The van der Waals surface area contributed by atoms with Gasteiger partial charge < -0.3 is 24.3 Å². The second-order valence-corrected chi connectivity index (χ2v) is 6.13. The number of carbonyl (C=O) groups excluding carboxylic acids is 2. The number of methoxy groups -OCH3 is 1. The van der Waals surface area contributed by atoms with Gasteiger partial charge >= 0.3 is 17.5 Å². The number of anilines is 1. The Kier molecular flexibility index (Phi) is 5.73. The number of ether oxygens (including phenoxy) is 4. The predicted octanol–water partition coefficient (Wildman–Crippen LogP) is 3.11. The zero-order chi connectivity index (χ0) is 20.1. The van der Waals surface area contributed by atoms with E-state index in [0.29, 0.717) is 17.1 Å². The highest BCUT2D eigenvalue weighted by atomic mass is 16.6. The Balaban J connectivity index is 2.13. The smallest absolute Gasteiger partial charge is 0.365 e. The summed E-state index contributed by atoms with van der Waals surface area (Å²) < 4.78 is 21.6. The molecule has 0 saturated heterocycles. The predicted molar refractivity (Wildman–Crippen MR) is 102 cm³/mol. The molecule has 0 bridgehead atoms. The van der Waals surface area contributed by atoms with Gasteiger partial charge in [-0.2, -0.15) is 0 Å². The molecule has 0 aliphatic carbocycles. The molecule has 1 N–H and O–H groups in total. The summed E-state index contributed by atoms with van der Waals surface area (Å²) >= 11 is 0. The van der Waals surface area contributed by atoms with E-state index in [1.54, 1.807) is 32.0 Å². The molecule has 1 unspecified atom stereocenters. The standard InChI is InChI=1S/C21H23NO6/c1-4-26-19(23)21(20(24)27-5-2)18(22-14-9-7-6-8-10-14)16-12-11-15(25-3)13-17(16)28-21/h6-13,18,22H,4-5H2,1-3H3. The van der Waals surface area contributed by atoms with Crippen molar-refractivity contribution < 1.29 is 28.5 Å². The van der Waals surface area contributed by atoms with Crippen molar-refractivity contribution in [3.8, 4) is 11.5 Å². The molecule has 1 aliphatic heterocycles. The molecule has 0 saturated carbocycles. The number of rotatable bonds is 7. The van der Waals surface area contributed by atoms with Crippen molar-refractivity contribution in [2.75, 3.05) is 25.6 Å². The number of para-hydroxylation sites is 1. The molecule has 3 rings (SSSR count). The highest BCUT2D eigenvalue weighted by molar-refractivity contribution is 6.06. The monoisotopic (exact) mass is 385 g/mol. The van der Waals surface area contributed by atoms with Crippen molar-refractivity contribution in [2.45, 2.75) is 25.5 Å². The summed E-state index contributed by atoms with van der Waals surface area (Å²) in [5, 5.41) is 3.24. The van der Waals surface area contributed by atoms with Crippen LogP contribution in [0.3, 0.4) is 0 Å². The van der Waals surface area contributed by atoms with Crippen molar-refractivity contribution in [2.24, 2.45) is 0 Å². The third kappa shape index (κ3) is 3.35. The van der Waals surface area contributed by atoms with Gasteiger partial charge in [0.1, 0.15) is 17.5 Å². The molecule has 1 atom stereocenters. The van der Waals surface area contributed by atoms with Crippen LogP contribution in [0.1, 0.15) is 25.5 Å². The molecule has 148 valence electrons. The molecule has 1 heterocycles. The van der Waals surface area contributed by atoms with E-state index in [2.05, 4.69) is 5.32 Å². The van der Waals surface area contributed by atoms with E-state index in [-0.39, 0.29) is 13.2 Å². The second-order valence-electron chi connectivity index (χ2n) is 6.13. The molecule has 28 heavy (non-hydrogen) atoms. The Bertz CT molecular complexity index is 833. The van der Waals surface area contributed by atoms with Gasteiger partial charge in [0.2, 0.25) is 0 Å². The van der Waals surface area contributed by atoms with Crippen LogP contribution in [0, 0.1) is 0 Å². The first-order chi connectivity index (χ1) is 13.6. The van der Waals surface area contributed by atoms with Crippen LogP contribution in [0.5, 0.6) is 11.5 Å². The Morgan fingerprint density at radius 2 is 1.68 bits per heavy atom. The van der Waals surface area contributed by atoms with Crippen LogP contribution in [0.25, 0.3) is 0 Å². The summed E-state index contributed by atoms with van der Waals surface area (Å²) in [5.74, 6) is -0.719. The molecule has 0 radical (unpaired) electrons. The summed E-state index contributed by atoms with van der Waals surface area (Å²) in [6.45, 7) is 3.53. The molecule has 0 fully saturated rings. The van der Waals surface area contributed by atoms with Gasteiger partial charge in [0.05, 0.1) is 20.3 Å². The van der Waals surface area contributed by atoms with Gasteiger partial charge in [0.15, 0.2) is 0 Å². The Morgan fingerprint density at radius 1 is 1.04 bits per heavy atom. The summed E-state index contributed by atoms with van der Waals surface area (Å²) in [6.07, 6.45) is 0. The van der Waals surface area contributed by atoms with E-state index < -0.39 is 23.6 Å². The fourth-order valence-electron chi connectivity index (χ4n) is 3.18. The minimum atomic E-state index is -2.00. The van der Waals surface area contributed by atoms with Gasteiger partial charge in [-0.05, 0) is 38.1 Å². The van der Waals surface area contributed by atoms with E-state index in [9.17, 15) is 9.59 Å². The van der Waals surface area contributed by atoms with Gasteiger partial charge in [-0.15, -0.1) is 0 Å². The molecular weight excluding hydrogens is 362 g/mol. The van der Waals surface area contributed by atoms with E-state index in [1.807, 2.05) is 30.3 Å². The van der Waals surface area contributed by atoms with Crippen molar-refractivity contribution >= 4 is 17.6 Å². The van der Waals surface area contributed by atoms with Crippen LogP contribution in [0.4, 0.5) is 5.69 Å². The average molecular weight is 385 g/mol. The number of hydrogen-bond acceptors (Lipinski definition) is 7. The van der Waals surface area contributed by atoms with E-state index in [4.69, 9.17) is 18.9 Å². The maximum Gasteiger partial charge on any atom is 0.365 e. The van der Waals surface area contributed by atoms with Crippen LogP contribution < -0.4 is 14.8 Å². The van der Waals surface area contributed by atoms with Crippen molar-refractivity contribution in [3.05, 3.63) is 54.1 Å². The molecule has 0 spiro atoms. The largest absolute Gasteiger partial charge is 0.497 e. The lowest BCUT2D eigenvalue weighted by Crippen LogP contribution is -2.57. The minimum absolute atomic E-state index is 0.0983. The van der Waals surface area contributed by atoms with Crippen LogP contribution in [-0.4, -0.2) is 37.9 Å². The molecule has 0 amide bonds. The first-order valence-electron chi connectivity index (χ1n) is 9.09. The Labute approximate surface area is 163 Å². The number of fused-ring (bicyclic) bond motifs is 1. The maximum absolute atomic E-state index is 13.0. The van der Waals surface area contributed by atoms with Crippen LogP contribution in [0.2, 0.25) is 0 Å². The van der Waals surface area contributed by atoms with Crippen molar-refractivity contribution in [1.82, 2.24) is 0 Å². The molecule has 7 nitrogen and oxygen atoms in total. The second kappa shape index (κ2) is 8.21. The van der Waals surface area contributed by atoms with Gasteiger partial charge in [-0.1, -0.05) is 18.2 Å². The number of nitrogens with one attached hydrogen (secondary N) is 1. The summed E-state index contributed by atoms with van der Waals surface area (Å²) in [5.41, 5.74) is -0.653. The molecule has 2 aromatic rings. The van der Waals surface area contributed by atoms with E-state index in [0.717, 1.165) is 5.69 Å². The normalized spacial score (nSPS) is 16.5. The molecule has 0 aromatic heterocycles. The van der Waals surface area contributed by atoms with Crippen LogP contribution >= 0.6 is 0 Å². The van der Waals surface area contributed by atoms with E-state index >= 15 is 0 Å². The summed E-state index contributed by atoms with van der Waals surface area (Å²) in [6, 6.07) is 13.5. The molecule has 2 aromatic carbocycles. The first-order valence-corrected chi connectivity index (χ1v) is 9.09. The molecular formula is C21H23NO6.